The van der Waals surface area contributed by atoms with Gasteiger partial charge in [0, 0.05) is 25.0 Å². The molecule has 6 heteroatoms. The molecule has 0 fully saturated rings. The largest absolute Gasteiger partial charge is 0.398 e. The zero-order chi connectivity index (χ0) is 15.4. The molecular formula is C15H17N3O3. The number of nitrogens with one attached hydrogen (secondary N) is 1. The number of hydrogen-bond acceptors (Lipinski definition) is 4. The summed E-state index contributed by atoms with van der Waals surface area (Å²) < 4.78 is 0. The third kappa shape index (κ3) is 3.68. The van der Waals surface area contributed by atoms with E-state index in [1.807, 2.05) is 13.0 Å². The van der Waals surface area contributed by atoms with Crippen LogP contribution >= 0.6 is 0 Å². The summed E-state index contributed by atoms with van der Waals surface area (Å²) in [6.07, 6.45) is 2.69. The Bertz CT molecular complexity index is 623. The van der Waals surface area contributed by atoms with Gasteiger partial charge in [0.15, 0.2) is 5.78 Å². The van der Waals surface area contributed by atoms with Crippen LogP contribution in [0.3, 0.4) is 0 Å². The van der Waals surface area contributed by atoms with E-state index in [1.54, 1.807) is 12.1 Å². The van der Waals surface area contributed by atoms with Crippen molar-refractivity contribution in [3.8, 4) is 0 Å². The lowest BCUT2D eigenvalue weighted by Gasteiger charge is -2.21. The summed E-state index contributed by atoms with van der Waals surface area (Å²) >= 11 is 0. The number of hydrogen-bond donors (Lipinski definition) is 2. The first-order valence-electron chi connectivity index (χ1n) is 6.62. The molecule has 1 aromatic carbocycles. The Hall–Kier alpha value is -2.63. The van der Waals surface area contributed by atoms with Crippen LogP contribution in [0.25, 0.3) is 0 Å². The molecule has 0 radical (unpaired) electrons. The molecule has 0 aromatic heterocycles. The number of carbonyl (C=O) groups excluding carboxylic acids is 3. The molecule has 1 aromatic rings. The fraction of sp³-hybridized carbons (Fsp3) is 0.267. The molecule has 0 bridgehead atoms. The molecule has 1 aliphatic heterocycles. The molecule has 21 heavy (non-hydrogen) atoms. The number of allylic oxidation sites excluding steroid dienone is 1. The lowest BCUT2D eigenvalue weighted by molar-refractivity contribution is -0.133. The van der Waals surface area contributed by atoms with Crippen molar-refractivity contribution >= 4 is 23.3 Å². The highest BCUT2D eigenvalue weighted by Crippen LogP contribution is 2.13. The van der Waals surface area contributed by atoms with E-state index in [0.717, 1.165) is 5.56 Å². The van der Waals surface area contributed by atoms with Gasteiger partial charge in [0.2, 0.25) is 5.91 Å². The monoisotopic (exact) mass is 287 g/mol. The van der Waals surface area contributed by atoms with Gasteiger partial charge in [0.1, 0.15) is 0 Å². The molecule has 2 amide bonds. The predicted molar refractivity (Wildman–Crippen MR) is 78.4 cm³/mol. The average Bonchev–Trinajstić information content (AvgIpc) is 2.43. The van der Waals surface area contributed by atoms with Gasteiger partial charge < -0.3 is 16.0 Å². The second-order valence-corrected chi connectivity index (χ2v) is 4.89. The highest BCUT2D eigenvalue weighted by atomic mass is 16.2. The Kier molecular flexibility index (Phi) is 4.37. The lowest BCUT2D eigenvalue weighted by atomic mass is 10.1. The van der Waals surface area contributed by atoms with Crippen molar-refractivity contribution in [1.29, 1.82) is 0 Å². The molecule has 110 valence electrons. The summed E-state index contributed by atoms with van der Waals surface area (Å²) in [5.41, 5.74) is 7.55. The lowest BCUT2D eigenvalue weighted by Crippen LogP contribution is -2.38. The zero-order valence-corrected chi connectivity index (χ0v) is 11.8. The maximum Gasteiger partial charge on any atom is 0.253 e. The number of nitrogen functional groups attached to an aromatic ring is 1. The number of amides is 2. The van der Waals surface area contributed by atoms with Crippen LogP contribution in [0.2, 0.25) is 0 Å². The average molecular weight is 287 g/mol. The van der Waals surface area contributed by atoms with E-state index in [2.05, 4.69) is 5.32 Å². The summed E-state index contributed by atoms with van der Waals surface area (Å²) in [5.74, 6) is -0.736. The molecule has 0 saturated carbocycles. The van der Waals surface area contributed by atoms with Gasteiger partial charge in [-0.1, -0.05) is 11.6 Å². The standard InChI is InChI=1S/C15H17N3O3/c1-10-2-3-13(16)12(8-10)15(21)17-5-7-18-6-4-11(19)9-14(18)20/h2-4,6,8H,5,7,9,16H2,1H3,(H,17,21). The maximum atomic E-state index is 12.0. The number of nitrogens with two attached hydrogens (primary N) is 1. The number of nitrogens with zero attached hydrogens (tertiary/aromatic N) is 1. The molecule has 0 aliphatic carbocycles. The molecule has 6 nitrogen and oxygen atoms in total. The van der Waals surface area contributed by atoms with Crippen molar-refractivity contribution in [2.24, 2.45) is 0 Å². The third-order valence-electron chi connectivity index (χ3n) is 3.18. The van der Waals surface area contributed by atoms with E-state index in [9.17, 15) is 14.4 Å². The topological polar surface area (TPSA) is 92.5 Å². The van der Waals surface area contributed by atoms with Gasteiger partial charge in [0.25, 0.3) is 5.91 Å². The van der Waals surface area contributed by atoms with Crippen LogP contribution in [0, 0.1) is 6.92 Å². The van der Waals surface area contributed by atoms with Crippen LogP contribution in [0.15, 0.2) is 30.5 Å². The van der Waals surface area contributed by atoms with E-state index >= 15 is 0 Å². The van der Waals surface area contributed by atoms with Crippen LogP contribution in [-0.2, 0) is 9.59 Å². The van der Waals surface area contributed by atoms with Gasteiger partial charge in [-0.05, 0) is 25.1 Å². The van der Waals surface area contributed by atoms with E-state index in [1.165, 1.54) is 17.2 Å². The molecule has 0 unspecified atom stereocenters. The van der Waals surface area contributed by atoms with Gasteiger partial charge >= 0.3 is 0 Å². The summed E-state index contributed by atoms with van der Waals surface area (Å²) in [5, 5.41) is 2.71. The molecule has 1 aliphatic rings. The molecule has 0 saturated heterocycles. The number of ketones is 1. The van der Waals surface area contributed by atoms with Gasteiger partial charge in [-0.15, -0.1) is 0 Å². The van der Waals surface area contributed by atoms with Crippen LogP contribution in [0.4, 0.5) is 5.69 Å². The Morgan fingerprint density at radius 3 is 2.86 bits per heavy atom. The molecular weight excluding hydrogens is 270 g/mol. The third-order valence-corrected chi connectivity index (χ3v) is 3.18. The summed E-state index contributed by atoms with van der Waals surface area (Å²) in [4.78, 5) is 36.1. The van der Waals surface area contributed by atoms with Crippen LogP contribution in [0.5, 0.6) is 0 Å². The number of benzene rings is 1. The maximum absolute atomic E-state index is 12.0. The first-order chi connectivity index (χ1) is 9.97. The normalized spacial score (nSPS) is 14.4. The Balaban J connectivity index is 1.90. The molecule has 3 N–H and O–H groups in total. The molecule has 0 spiro atoms. The van der Waals surface area contributed by atoms with E-state index < -0.39 is 0 Å². The minimum Gasteiger partial charge on any atom is -0.398 e. The van der Waals surface area contributed by atoms with E-state index in [4.69, 9.17) is 5.73 Å². The van der Waals surface area contributed by atoms with Crippen molar-refractivity contribution in [1.82, 2.24) is 10.2 Å². The number of aryl methyl sites for hydroxylation is 1. The van der Waals surface area contributed by atoms with Gasteiger partial charge in [-0.3, -0.25) is 14.4 Å². The Morgan fingerprint density at radius 1 is 1.38 bits per heavy atom. The van der Waals surface area contributed by atoms with Crippen molar-refractivity contribution in [3.63, 3.8) is 0 Å². The van der Waals surface area contributed by atoms with Gasteiger partial charge in [0.05, 0.1) is 12.0 Å². The molecule has 1 heterocycles. The highest BCUT2D eigenvalue weighted by Gasteiger charge is 2.18. The smallest absolute Gasteiger partial charge is 0.253 e. The first-order valence-corrected chi connectivity index (χ1v) is 6.62. The minimum atomic E-state index is -0.277. The van der Waals surface area contributed by atoms with Crippen LogP contribution in [-0.4, -0.2) is 35.6 Å². The van der Waals surface area contributed by atoms with Crippen LogP contribution in [0.1, 0.15) is 22.3 Å². The molecule has 0 atom stereocenters. The quantitative estimate of drug-likeness (QED) is 0.627. The van der Waals surface area contributed by atoms with Crippen molar-refractivity contribution < 1.29 is 14.4 Å². The van der Waals surface area contributed by atoms with Crippen molar-refractivity contribution in [2.45, 2.75) is 13.3 Å². The Morgan fingerprint density at radius 2 is 2.14 bits per heavy atom. The van der Waals surface area contributed by atoms with Crippen molar-refractivity contribution in [3.05, 3.63) is 41.6 Å². The number of anilines is 1. The summed E-state index contributed by atoms with van der Waals surface area (Å²) in [6.45, 7) is 2.49. The first kappa shape index (κ1) is 14.8. The SMILES string of the molecule is Cc1ccc(N)c(C(=O)NCCN2C=CC(=O)CC2=O)c1. The fourth-order valence-electron chi connectivity index (χ4n) is 2.02. The summed E-state index contributed by atoms with van der Waals surface area (Å²) in [7, 11) is 0. The van der Waals surface area contributed by atoms with E-state index in [-0.39, 0.29) is 30.6 Å². The van der Waals surface area contributed by atoms with E-state index in [0.29, 0.717) is 17.8 Å². The van der Waals surface area contributed by atoms with Crippen LogP contribution < -0.4 is 11.1 Å². The van der Waals surface area contributed by atoms with Crippen molar-refractivity contribution in [2.75, 3.05) is 18.8 Å². The number of carbonyl (C=O) groups is 3. The second-order valence-electron chi connectivity index (χ2n) is 4.89. The Labute approximate surface area is 122 Å². The molecule has 2 rings (SSSR count). The highest BCUT2D eigenvalue weighted by molar-refractivity contribution is 6.06. The second kappa shape index (κ2) is 6.21. The fourth-order valence-corrected chi connectivity index (χ4v) is 2.02. The minimum absolute atomic E-state index is 0.116. The number of rotatable bonds is 4. The predicted octanol–water partition coefficient (Wildman–Crippen LogP) is 0.622. The van der Waals surface area contributed by atoms with Gasteiger partial charge in [-0.25, -0.2) is 0 Å². The van der Waals surface area contributed by atoms with Gasteiger partial charge in [-0.2, -0.15) is 0 Å². The zero-order valence-electron chi connectivity index (χ0n) is 11.8. The summed E-state index contributed by atoms with van der Waals surface area (Å²) in [6, 6.07) is 5.24.